The summed E-state index contributed by atoms with van der Waals surface area (Å²) in [7, 11) is -1.34. The molecule has 0 spiro atoms. The first-order valence-electron chi connectivity index (χ1n) is 10.4. The molecule has 1 aliphatic rings. The molecule has 1 atom stereocenters. The molecule has 1 N–H and O–H groups in total. The summed E-state index contributed by atoms with van der Waals surface area (Å²) in [6.45, 7) is 1.49. The van der Waals surface area contributed by atoms with Crippen molar-refractivity contribution in [3.8, 4) is 11.1 Å². The van der Waals surface area contributed by atoms with Crippen LogP contribution in [0.2, 0.25) is 0 Å². The van der Waals surface area contributed by atoms with E-state index < -0.39 is 34.5 Å². The predicted octanol–water partition coefficient (Wildman–Crippen LogP) is 5.57. The molecular weight excluding hydrogens is 514 g/mol. The minimum atomic E-state index is -5.97. The predicted molar refractivity (Wildman–Crippen MR) is 122 cm³/mol. The summed E-state index contributed by atoms with van der Waals surface area (Å²) in [4.78, 5) is 1.83. The van der Waals surface area contributed by atoms with Crippen LogP contribution in [0, 0.1) is 0 Å². The molecule has 0 radical (unpaired) electrons. The Morgan fingerprint density at radius 1 is 0.829 bits per heavy atom. The van der Waals surface area contributed by atoms with Gasteiger partial charge in [0.15, 0.2) is 0 Å². The molecule has 12 heteroatoms. The van der Waals surface area contributed by atoms with Crippen LogP contribution in [-0.2, 0) is 16.6 Å². The fraction of sp³-hybridized carbons (Fsp3) is 0.304. The average molecular weight is 535 g/mol. The summed E-state index contributed by atoms with van der Waals surface area (Å²) < 4.78 is 96.2. The summed E-state index contributed by atoms with van der Waals surface area (Å²) in [5.41, 5.74) is -5.37. The van der Waals surface area contributed by atoms with E-state index in [9.17, 15) is 35.7 Å². The summed E-state index contributed by atoms with van der Waals surface area (Å²) >= 11 is 1.37. The SMILES string of the molecule is O=S(c1cccs1)N1CCN(c2ccc(C(O)(C(F)(F)F)C(F)(F)F)cc2-c2ccccc2)CC1. The molecule has 2 aromatic carbocycles. The topological polar surface area (TPSA) is 43.8 Å². The molecule has 1 aromatic heterocycles. The fourth-order valence-electron chi connectivity index (χ4n) is 3.96. The Bertz CT molecular complexity index is 1160. The monoisotopic (exact) mass is 534 g/mol. The molecule has 2 heterocycles. The Kier molecular flexibility index (Phi) is 7.02. The highest BCUT2D eigenvalue weighted by molar-refractivity contribution is 7.85. The van der Waals surface area contributed by atoms with E-state index in [1.54, 1.807) is 46.8 Å². The number of benzene rings is 2. The lowest BCUT2D eigenvalue weighted by Gasteiger charge is -2.37. The van der Waals surface area contributed by atoms with Gasteiger partial charge in [-0.15, -0.1) is 11.3 Å². The van der Waals surface area contributed by atoms with Gasteiger partial charge < -0.3 is 10.0 Å². The largest absolute Gasteiger partial charge is 0.430 e. The lowest BCUT2D eigenvalue weighted by atomic mass is 9.88. The molecule has 4 rings (SSSR count). The van der Waals surface area contributed by atoms with Gasteiger partial charge in [0.25, 0.3) is 5.60 Å². The maximum atomic E-state index is 13.5. The Hall–Kier alpha value is -2.41. The van der Waals surface area contributed by atoms with E-state index in [1.807, 2.05) is 10.3 Å². The van der Waals surface area contributed by atoms with Crippen molar-refractivity contribution in [2.24, 2.45) is 0 Å². The zero-order valence-electron chi connectivity index (χ0n) is 18.0. The van der Waals surface area contributed by atoms with Crippen molar-refractivity contribution in [2.45, 2.75) is 22.2 Å². The highest BCUT2D eigenvalue weighted by atomic mass is 32.2. The zero-order chi connectivity index (χ0) is 25.4. The van der Waals surface area contributed by atoms with Crippen molar-refractivity contribution in [2.75, 3.05) is 31.1 Å². The fourth-order valence-corrected chi connectivity index (χ4v) is 6.16. The second kappa shape index (κ2) is 9.57. The third-order valence-electron chi connectivity index (χ3n) is 5.80. The molecular formula is C23H20F6N2O2S2. The first kappa shape index (κ1) is 25.7. The van der Waals surface area contributed by atoms with E-state index in [1.165, 1.54) is 17.4 Å². The molecule has 3 aromatic rings. The Morgan fingerprint density at radius 2 is 1.46 bits per heavy atom. The first-order valence-corrected chi connectivity index (χ1v) is 12.4. The Morgan fingerprint density at radius 3 is 2.00 bits per heavy atom. The average Bonchev–Trinajstić information content (AvgIpc) is 3.37. The van der Waals surface area contributed by atoms with E-state index in [0.29, 0.717) is 47.7 Å². The number of aliphatic hydroxyl groups is 1. The molecule has 4 nitrogen and oxygen atoms in total. The number of thiophene rings is 1. The number of halogens is 6. The second-order valence-corrected chi connectivity index (χ2v) is 10.6. The Labute approximate surface area is 204 Å². The van der Waals surface area contributed by atoms with Gasteiger partial charge in [-0.05, 0) is 29.1 Å². The number of alkyl halides is 6. The normalized spacial score (nSPS) is 16.9. The van der Waals surface area contributed by atoms with Gasteiger partial charge in [0.1, 0.15) is 15.2 Å². The van der Waals surface area contributed by atoms with Crippen LogP contribution in [0.1, 0.15) is 5.56 Å². The molecule has 0 saturated carbocycles. The molecule has 1 unspecified atom stereocenters. The zero-order valence-corrected chi connectivity index (χ0v) is 19.6. The standard InChI is InChI=1S/C23H20F6N2O2S2/c24-22(25,26)21(32,23(27,28)29)17-8-9-19(18(15-17)16-5-2-1-3-6-16)30-10-12-31(13-11-30)35(33)20-7-4-14-34-20/h1-9,14-15,32H,10-13H2. The lowest BCUT2D eigenvalue weighted by molar-refractivity contribution is -0.376. The molecule has 1 aliphatic heterocycles. The molecule has 188 valence electrons. The summed E-state index contributed by atoms with van der Waals surface area (Å²) in [5.74, 6) is 0. The van der Waals surface area contributed by atoms with Crippen molar-refractivity contribution in [3.63, 3.8) is 0 Å². The molecule has 1 fully saturated rings. The maximum Gasteiger partial charge on any atom is 0.430 e. The van der Waals surface area contributed by atoms with E-state index in [-0.39, 0.29) is 5.56 Å². The van der Waals surface area contributed by atoms with Crippen LogP contribution in [0.25, 0.3) is 11.1 Å². The number of anilines is 1. The lowest BCUT2D eigenvalue weighted by Crippen LogP contribution is -2.54. The minimum Gasteiger partial charge on any atom is -0.369 e. The van der Waals surface area contributed by atoms with E-state index >= 15 is 0 Å². The van der Waals surface area contributed by atoms with Crippen molar-refractivity contribution in [1.82, 2.24) is 4.31 Å². The van der Waals surface area contributed by atoms with Crippen LogP contribution in [0.4, 0.5) is 32.0 Å². The van der Waals surface area contributed by atoms with Gasteiger partial charge in [-0.1, -0.05) is 42.5 Å². The van der Waals surface area contributed by atoms with Crippen LogP contribution in [-0.4, -0.2) is 52.2 Å². The van der Waals surface area contributed by atoms with Gasteiger partial charge in [0.2, 0.25) is 0 Å². The molecule has 0 aliphatic carbocycles. The third-order valence-corrected chi connectivity index (χ3v) is 8.49. The highest BCUT2D eigenvalue weighted by Crippen LogP contribution is 2.51. The number of hydrogen-bond acceptors (Lipinski definition) is 4. The van der Waals surface area contributed by atoms with Crippen LogP contribution in [0.3, 0.4) is 0 Å². The second-order valence-electron chi connectivity index (χ2n) is 7.90. The van der Waals surface area contributed by atoms with Crippen LogP contribution < -0.4 is 4.90 Å². The quantitative estimate of drug-likeness (QED) is 0.436. The van der Waals surface area contributed by atoms with Crippen molar-refractivity contribution in [3.05, 3.63) is 71.6 Å². The maximum absolute atomic E-state index is 13.5. The minimum absolute atomic E-state index is 0.128. The van der Waals surface area contributed by atoms with E-state index in [4.69, 9.17) is 0 Å². The number of nitrogens with zero attached hydrogens (tertiary/aromatic N) is 2. The van der Waals surface area contributed by atoms with E-state index in [0.717, 1.165) is 6.07 Å². The number of piperazine rings is 1. The first-order chi connectivity index (χ1) is 16.4. The van der Waals surface area contributed by atoms with Crippen LogP contribution in [0.15, 0.2) is 70.3 Å². The summed E-state index contributed by atoms with van der Waals surface area (Å²) in [5, 5.41) is 11.7. The van der Waals surface area contributed by atoms with Crippen LogP contribution in [0.5, 0.6) is 0 Å². The van der Waals surface area contributed by atoms with Gasteiger partial charge >= 0.3 is 12.4 Å². The number of rotatable bonds is 5. The van der Waals surface area contributed by atoms with Crippen molar-refractivity contribution in [1.29, 1.82) is 0 Å². The van der Waals surface area contributed by atoms with Gasteiger partial charge in [-0.25, -0.2) is 8.51 Å². The molecule has 0 bridgehead atoms. The summed E-state index contributed by atoms with van der Waals surface area (Å²) in [6.07, 6.45) is -11.9. The van der Waals surface area contributed by atoms with Gasteiger partial charge in [-0.2, -0.15) is 26.3 Å². The van der Waals surface area contributed by atoms with Gasteiger partial charge in [-0.3, -0.25) is 0 Å². The number of hydrogen-bond donors (Lipinski definition) is 1. The molecule has 0 amide bonds. The Balaban J connectivity index is 1.70. The highest BCUT2D eigenvalue weighted by Gasteiger charge is 2.71. The van der Waals surface area contributed by atoms with Crippen molar-refractivity contribution >= 4 is 28.0 Å². The third kappa shape index (κ3) is 4.84. The molecule has 35 heavy (non-hydrogen) atoms. The van der Waals surface area contributed by atoms with Gasteiger partial charge in [0.05, 0.1) is 0 Å². The molecule has 1 saturated heterocycles. The smallest absolute Gasteiger partial charge is 0.369 e. The summed E-state index contributed by atoms with van der Waals surface area (Å²) in [6, 6.07) is 14.2. The van der Waals surface area contributed by atoms with E-state index in [2.05, 4.69) is 0 Å². The van der Waals surface area contributed by atoms with Gasteiger partial charge in [0, 0.05) is 43.0 Å². The van der Waals surface area contributed by atoms with Crippen LogP contribution >= 0.6 is 11.3 Å². The van der Waals surface area contributed by atoms with Crippen molar-refractivity contribution < 1.29 is 35.7 Å².